The van der Waals surface area contributed by atoms with E-state index >= 15 is 0 Å². The molecule has 0 aliphatic carbocycles. The van der Waals surface area contributed by atoms with Crippen LogP contribution in [0.4, 0.5) is 4.79 Å². The van der Waals surface area contributed by atoms with Crippen LogP contribution in [0.25, 0.3) is 0 Å². The number of rotatable bonds is 5. The highest BCUT2D eigenvalue weighted by atomic mass is 16.5. The molecule has 0 radical (unpaired) electrons. The average molecular weight is 362 g/mol. The van der Waals surface area contributed by atoms with Crippen LogP contribution >= 0.6 is 0 Å². The first-order valence-electron chi connectivity index (χ1n) is 9.55. The van der Waals surface area contributed by atoms with Gasteiger partial charge in [-0.3, -0.25) is 0 Å². The molecule has 0 bridgehead atoms. The van der Waals surface area contributed by atoms with Gasteiger partial charge in [0.1, 0.15) is 6.61 Å². The number of piperidine rings is 1. The number of alkyl carbamates (subject to hydrolysis) is 1. The normalized spacial score (nSPS) is 14.1. The molecular weight excluding hydrogens is 336 g/mol. The van der Waals surface area contributed by atoms with E-state index in [1.165, 1.54) is 18.4 Å². The zero-order valence-electron chi connectivity index (χ0n) is 15.5. The Labute approximate surface area is 161 Å². The molecule has 4 nitrogen and oxygen atoms in total. The monoisotopic (exact) mass is 362 g/mol. The zero-order chi connectivity index (χ0) is 18.7. The number of carbonyl (C=O) groups is 1. The Bertz CT molecular complexity index is 770. The summed E-state index contributed by atoms with van der Waals surface area (Å²) in [4.78, 5) is 11.7. The molecular formula is C23H26N2O2. The first kappa shape index (κ1) is 19.0. The maximum atomic E-state index is 11.7. The number of ether oxygens (including phenoxy) is 1. The van der Waals surface area contributed by atoms with Gasteiger partial charge in [-0.25, -0.2) is 4.79 Å². The summed E-state index contributed by atoms with van der Waals surface area (Å²) in [5, 5.41) is 6.12. The number of hydrogen-bond acceptors (Lipinski definition) is 3. The molecule has 1 heterocycles. The predicted octanol–water partition coefficient (Wildman–Crippen LogP) is 3.82. The van der Waals surface area contributed by atoms with E-state index in [1.54, 1.807) is 0 Å². The first-order valence-corrected chi connectivity index (χ1v) is 9.55. The van der Waals surface area contributed by atoms with Gasteiger partial charge in [-0.1, -0.05) is 54.3 Å². The third-order valence-corrected chi connectivity index (χ3v) is 4.69. The highest BCUT2D eigenvalue weighted by molar-refractivity contribution is 5.67. The van der Waals surface area contributed by atoms with Gasteiger partial charge >= 0.3 is 6.09 Å². The van der Waals surface area contributed by atoms with Crippen molar-refractivity contribution in [3.05, 3.63) is 71.3 Å². The van der Waals surface area contributed by atoms with E-state index in [4.69, 9.17) is 4.74 Å². The van der Waals surface area contributed by atoms with Crippen molar-refractivity contribution >= 4 is 6.09 Å². The largest absolute Gasteiger partial charge is 0.445 e. The van der Waals surface area contributed by atoms with Gasteiger partial charge in [-0.15, -0.1) is 0 Å². The second-order valence-electron chi connectivity index (χ2n) is 6.69. The lowest BCUT2D eigenvalue weighted by molar-refractivity contribution is 0.140. The molecule has 2 aromatic rings. The highest BCUT2D eigenvalue weighted by Gasteiger charge is 2.14. The Morgan fingerprint density at radius 1 is 1.07 bits per heavy atom. The van der Waals surface area contributed by atoms with Gasteiger partial charge in [-0.05, 0) is 55.1 Å². The van der Waals surface area contributed by atoms with Crippen LogP contribution in [-0.4, -0.2) is 25.7 Å². The second kappa shape index (κ2) is 10.4. The lowest BCUT2D eigenvalue weighted by Gasteiger charge is -2.22. The summed E-state index contributed by atoms with van der Waals surface area (Å²) >= 11 is 0. The molecule has 27 heavy (non-hydrogen) atoms. The molecule has 1 saturated heterocycles. The third kappa shape index (κ3) is 6.47. The fraction of sp³-hybridized carbons (Fsp3) is 0.348. The summed E-state index contributed by atoms with van der Waals surface area (Å²) in [5.74, 6) is 6.92. The van der Waals surface area contributed by atoms with Gasteiger partial charge in [-0.2, -0.15) is 0 Å². The van der Waals surface area contributed by atoms with Crippen molar-refractivity contribution in [3.63, 3.8) is 0 Å². The zero-order valence-corrected chi connectivity index (χ0v) is 15.5. The summed E-state index contributed by atoms with van der Waals surface area (Å²) in [5.41, 5.74) is 3.39. The molecule has 0 saturated carbocycles. The molecule has 1 aliphatic heterocycles. The number of hydrogen-bond donors (Lipinski definition) is 2. The molecule has 1 fully saturated rings. The summed E-state index contributed by atoms with van der Waals surface area (Å²) in [6.45, 7) is 2.97. The quantitative estimate of drug-likeness (QED) is 0.628. The maximum absolute atomic E-state index is 11.7. The van der Waals surface area contributed by atoms with Gasteiger partial charge < -0.3 is 15.4 Å². The second-order valence-corrected chi connectivity index (χ2v) is 6.69. The minimum absolute atomic E-state index is 0.280. The van der Waals surface area contributed by atoms with E-state index < -0.39 is 6.09 Å². The van der Waals surface area contributed by atoms with E-state index in [-0.39, 0.29) is 6.61 Å². The maximum Gasteiger partial charge on any atom is 0.407 e. The molecule has 0 aromatic heterocycles. The molecule has 4 heteroatoms. The Morgan fingerprint density at radius 2 is 1.81 bits per heavy atom. The van der Waals surface area contributed by atoms with Crippen LogP contribution in [-0.2, 0) is 11.3 Å². The summed E-state index contributed by atoms with van der Waals surface area (Å²) < 4.78 is 5.16. The van der Waals surface area contributed by atoms with E-state index in [2.05, 4.69) is 46.7 Å². The molecule has 1 aliphatic rings. The van der Waals surface area contributed by atoms with Gasteiger partial charge in [0.2, 0.25) is 0 Å². The Balaban J connectivity index is 1.35. The fourth-order valence-electron chi connectivity index (χ4n) is 3.16. The van der Waals surface area contributed by atoms with Crippen molar-refractivity contribution in [1.29, 1.82) is 0 Å². The summed E-state index contributed by atoms with van der Waals surface area (Å²) in [7, 11) is 0. The van der Waals surface area contributed by atoms with Crippen molar-refractivity contribution in [2.45, 2.75) is 31.8 Å². The van der Waals surface area contributed by atoms with Crippen molar-refractivity contribution < 1.29 is 9.53 Å². The standard InChI is InChI=1S/C23H26N2O2/c26-23(27-18-20-7-2-1-3-8-20)25-15-5-4-6-19-9-11-21(12-10-19)22-13-16-24-17-14-22/h1-3,7-12,22,24H,5,13-18H2,(H,25,26). The average Bonchev–Trinajstić information content (AvgIpc) is 2.74. The van der Waals surface area contributed by atoms with E-state index in [1.807, 2.05) is 30.3 Å². The molecule has 2 N–H and O–H groups in total. The Kier molecular flexibility index (Phi) is 7.32. The van der Waals surface area contributed by atoms with Crippen LogP contribution in [0.3, 0.4) is 0 Å². The Morgan fingerprint density at radius 3 is 2.56 bits per heavy atom. The van der Waals surface area contributed by atoms with Gasteiger partial charge in [0, 0.05) is 18.5 Å². The van der Waals surface area contributed by atoms with Crippen molar-refractivity contribution in [3.8, 4) is 11.8 Å². The number of nitrogens with one attached hydrogen (secondary N) is 2. The van der Waals surface area contributed by atoms with Gasteiger partial charge in [0.25, 0.3) is 0 Å². The molecule has 2 aromatic carbocycles. The molecule has 0 unspecified atom stereocenters. The molecule has 1 amide bonds. The van der Waals surface area contributed by atoms with Crippen LogP contribution < -0.4 is 10.6 Å². The van der Waals surface area contributed by atoms with Gasteiger partial charge in [0.05, 0.1) is 0 Å². The van der Waals surface area contributed by atoms with E-state index in [0.29, 0.717) is 18.9 Å². The molecule has 0 spiro atoms. The minimum atomic E-state index is -0.410. The number of benzene rings is 2. The fourth-order valence-corrected chi connectivity index (χ4v) is 3.16. The van der Waals surface area contributed by atoms with Crippen LogP contribution in [0, 0.1) is 11.8 Å². The number of amides is 1. The minimum Gasteiger partial charge on any atom is -0.445 e. The SMILES string of the molecule is O=C(NCCC#Cc1ccc(C2CCNCC2)cc1)OCc1ccccc1. The van der Waals surface area contributed by atoms with Crippen molar-refractivity contribution in [2.75, 3.05) is 19.6 Å². The van der Waals surface area contributed by atoms with Crippen LogP contribution in [0.15, 0.2) is 54.6 Å². The van der Waals surface area contributed by atoms with Crippen LogP contribution in [0.2, 0.25) is 0 Å². The third-order valence-electron chi connectivity index (χ3n) is 4.69. The number of carbonyl (C=O) groups excluding carboxylic acids is 1. The molecule has 3 rings (SSSR count). The molecule has 0 atom stereocenters. The van der Waals surface area contributed by atoms with Crippen LogP contribution in [0.1, 0.15) is 41.9 Å². The van der Waals surface area contributed by atoms with Gasteiger partial charge in [0.15, 0.2) is 0 Å². The topological polar surface area (TPSA) is 50.4 Å². The van der Waals surface area contributed by atoms with Crippen LogP contribution in [0.5, 0.6) is 0 Å². The predicted molar refractivity (Wildman–Crippen MR) is 107 cm³/mol. The van der Waals surface area contributed by atoms with Crippen molar-refractivity contribution in [1.82, 2.24) is 10.6 Å². The smallest absolute Gasteiger partial charge is 0.407 e. The van der Waals surface area contributed by atoms with Crippen molar-refractivity contribution in [2.24, 2.45) is 0 Å². The highest BCUT2D eigenvalue weighted by Crippen LogP contribution is 2.25. The lowest BCUT2D eigenvalue weighted by atomic mass is 9.90. The first-order chi connectivity index (χ1) is 13.3. The molecule has 140 valence electrons. The van der Waals surface area contributed by atoms with E-state index in [9.17, 15) is 4.79 Å². The Hall–Kier alpha value is -2.77. The van der Waals surface area contributed by atoms with E-state index in [0.717, 1.165) is 24.2 Å². The summed E-state index contributed by atoms with van der Waals surface area (Å²) in [6, 6.07) is 18.2. The lowest BCUT2D eigenvalue weighted by Crippen LogP contribution is -2.26. The summed E-state index contributed by atoms with van der Waals surface area (Å²) in [6.07, 6.45) is 2.59.